The van der Waals surface area contributed by atoms with Crippen LogP contribution in [0.15, 0.2) is 107 Å². The van der Waals surface area contributed by atoms with Gasteiger partial charge >= 0.3 is 0 Å². The third-order valence-corrected chi connectivity index (χ3v) is 10.8. The molecule has 4 nitrogen and oxygen atoms in total. The molecule has 0 radical (unpaired) electrons. The standard InChI is InChI=1S/C38H24N4S3/c1-2-7-23(8-3-1)35-24-12-14-26(39-24)36(32-9-4-20-43-32)28-16-18-30(41-28)38(34-11-6-22-45-34)31-19-17-29(42-31)37(33-10-5-21-44-33)27-15-13-25(35)40-27/h1-22,39-40H. The Morgan fingerprint density at radius 3 is 1.20 bits per heavy atom. The summed E-state index contributed by atoms with van der Waals surface area (Å²) in [7, 11) is 0. The van der Waals surface area contributed by atoms with E-state index in [1.807, 2.05) is 0 Å². The topological polar surface area (TPSA) is 57.4 Å². The van der Waals surface area contributed by atoms with E-state index in [9.17, 15) is 0 Å². The minimum Gasteiger partial charge on any atom is -0.354 e. The van der Waals surface area contributed by atoms with E-state index in [0.29, 0.717) is 0 Å². The van der Waals surface area contributed by atoms with Crippen LogP contribution in [0.3, 0.4) is 0 Å². The fraction of sp³-hybridized carbons (Fsp3) is 0. The molecule has 8 heterocycles. The van der Waals surface area contributed by atoms with Crippen LogP contribution in [0.1, 0.15) is 22.8 Å². The van der Waals surface area contributed by atoms with Gasteiger partial charge in [0.2, 0.25) is 0 Å². The lowest BCUT2D eigenvalue weighted by Gasteiger charge is -2.04. The smallest absolute Gasteiger partial charge is 0.0746 e. The highest BCUT2D eigenvalue weighted by molar-refractivity contribution is 7.14. The van der Waals surface area contributed by atoms with Crippen molar-refractivity contribution in [2.24, 2.45) is 0 Å². The Morgan fingerprint density at radius 2 is 0.778 bits per heavy atom. The summed E-state index contributed by atoms with van der Waals surface area (Å²) in [6, 6.07) is 32.1. The molecule has 45 heavy (non-hydrogen) atoms. The van der Waals surface area contributed by atoms with Gasteiger partial charge in [0.25, 0.3) is 0 Å². The highest BCUT2D eigenvalue weighted by Crippen LogP contribution is 2.40. The second kappa shape index (κ2) is 10.8. The first-order valence-corrected chi connectivity index (χ1v) is 17.3. The summed E-state index contributed by atoms with van der Waals surface area (Å²) in [6.07, 6.45) is 8.55. The van der Waals surface area contributed by atoms with Crippen molar-refractivity contribution in [2.45, 2.75) is 0 Å². The Labute approximate surface area is 271 Å². The maximum absolute atomic E-state index is 5.30. The zero-order chi connectivity index (χ0) is 29.7. The summed E-state index contributed by atoms with van der Waals surface area (Å²) >= 11 is 5.16. The lowest BCUT2D eigenvalue weighted by molar-refractivity contribution is 1.28. The Bertz CT molecular complexity index is 2270. The number of aromatic amines is 2. The first kappa shape index (κ1) is 26.3. The summed E-state index contributed by atoms with van der Waals surface area (Å²) < 4.78 is 0. The number of hydrogen-bond acceptors (Lipinski definition) is 5. The van der Waals surface area contributed by atoms with Gasteiger partial charge in [-0.15, -0.1) is 34.0 Å². The molecule has 2 aliphatic rings. The number of H-pyrrole nitrogens is 2. The number of nitrogens with zero attached hydrogens (tertiary/aromatic N) is 2. The fourth-order valence-corrected chi connectivity index (χ4v) is 8.53. The van der Waals surface area contributed by atoms with Crippen molar-refractivity contribution in [3.05, 3.63) is 130 Å². The fourth-order valence-electron chi connectivity index (χ4n) is 6.16. The van der Waals surface area contributed by atoms with E-state index in [-0.39, 0.29) is 0 Å². The molecule has 214 valence electrons. The minimum atomic E-state index is 0.918. The highest BCUT2D eigenvalue weighted by Gasteiger charge is 2.20. The van der Waals surface area contributed by atoms with Crippen molar-refractivity contribution in [3.8, 4) is 42.4 Å². The first-order valence-electron chi connectivity index (χ1n) is 14.6. The molecule has 7 aromatic rings. The lowest BCUT2D eigenvalue weighted by atomic mass is 10.1. The molecule has 0 saturated heterocycles. The third kappa shape index (κ3) is 4.56. The van der Waals surface area contributed by atoms with Crippen molar-refractivity contribution >= 4 is 80.4 Å². The number of rotatable bonds is 4. The highest BCUT2D eigenvalue weighted by atomic mass is 32.1. The van der Waals surface area contributed by atoms with Gasteiger partial charge in [-0.3, -0.25) is 0 Å². The van der Waals surface area contributed by atoms with Gasteiger partial charge in [-0.2, -0.15) is 0 Å². The van der Waals surface area contributed by atoms with Crippen LogP contribution in [0.4, 0.5) is 0 Å². The van der Waals surface area contributed by atoms with E-state index < -0.39 is 0 Å². The van der Waals surface area contributed by atoms with Gasteiger partial charge in [0.05, 0.1) is 22.8 Å². The Kier molecular flexibility index (Phi) is 6.33. The maximum Gasteiger partial charge on any atom is 0.0746 e. The van der Waals surface area contributed by atoms with E-state index in [0.717, 1.165) is 77.5 Å². The van der Waals surface area contributed by atoms with Crippen LogP contribution in [0.2, 0.25) is 0 Å². The van der Waals surface area contributed by atoms with Crippen LogP contribution >= 0.6 is 34.0 Å². The van der Waals surface area contributed by atoms with Gasteiger partial charge < -0.3 is 9.97 Å². The van der Waals surface area contributed by atoms with E-state index in [4.69, 9.17) is 9.97 Å². The average Bonchev–Trinajstić information content (AvgIpc) is 3.92. The van der Waals surface area contributed by atoms with Crippen LogP contribution in [-0.4, -0.2) is 19.9 Å². The Morgan fingerprint density at radius 1 is 0.378 bits per heavy atom. The van der Waals surface area contributed by atoms with Gasteiger partial charge in [-0.1, -0.05) is 48.5 Å². The van der Waals surface area contributed by atoms with Crippen LogP contribution < -0.4 is 0 Å². The van der Waals surface area contributed by atoms with E-state index in [1.165, 1.54) is 9.75 Å². The molecule has 0 fully saturated rings. The molecule has 2 N–H and O–H groups in total. The quantitative estimate of drug-likeness (QED) is 0.203. The van der Waals surface area contributed by atoms with Gasteiger partial charge in [-0.25, -0.2) is 9.97 Å². The Balaban J connectivity index is 1.49. The summed E-state index contributed by atoms with van der Waals surface area (Å²) in [5.74, 6) is 0. The number of fused-ring (bicyclic) bond motifs is 8. The van der Waals surface area contributed by atoms with Crippen LogP contribution in [-0.2, 0) is 0 Å². The van der Waals surface area contributed by atoms with E-state index >= 15 is 0 Å². The van der Waals surface area contributed by atoms with Gasteiger partial charge in [0, 0.05) is 59.0 Å². The number of nitrogens with one attached hydrogen (secondary N) is 2. The SMILES string of the molecule is C1=Cc2nc1c(-c1cccs1)c1nc(c(-c3cccs3)c3ccc([nH]3)c(-c3ccccc3)c3ccc([nH]3)c2-c2cccs2)C=C1. The first-order chi connectivity index (χ1) is 22.3. The van der Waals surface area contributed by atoms with E-state index in [1.54, 1.807) is 34.0 Å². The summed E-state index contributed by atoms with van der Waals surface area (Å²) in [5.41, 5.74) is 13.3. The third-order valence-electron chi connectivity index (χ3n) is 8.12. The van der Waals surface area contributed by atoms with E-state index in [2.05, 4.69) is 141 Å². The Hall–Kier alpha value is -5.08. The van der Waals surface area contributed by atoms with Crippen molar-refractivity contribution < 1.29 is 0 Å². The molecule has 0 amide bonds. The van der Waals surface area contributed by atoms with Crippen LogP contribution in [0, 0.1) is 0 Å². The number of thiophene rings is 3. The number of aromatic nitrogens is 4. The molecule has 9 rings (SSSR count). The van der Waals surface area contributed by atoms with Crippen LogP contribution in [0.25, 0.3) is 88.8 Å². The molecule has 1 aromatic carbocycles. The maximum atomic E-state index is 5.30. The van der Waals surface area contributed by atoms with Crippen molar-refractivity contribution in [3.63, 3.8) is 0 Å². The molecular weight excluding hydrogens is 609 g/mol. The predicted octanol–water partition coefficient (Wildman–Crippen LogP) is 11.5. The minimum absolute atomic E-state index is 0.918. The monoisotopic (exact) mass is 632 g/mol. The van der Waals surface area contributed by atoms with Gasteiger partial charge in [-0.05, 0) is 88.5 Å². The molecule has 6 aromatic heterocycles. The number of hydrogen-bond donors (Lipinski definition) is 2. The normalized spacial score (nSPS) is 12.3. The summed E-state index contributed by atoms with van der Waals surface area (Å²) in [4.78, 5) is 21.7. The average molecular weight is 633 g/mol. The van der Waals surface area contributed by atoms with Gasteiger partial charge in [0.15, 0.2) is 0 Å². The molecule has 0 unspecified atom stereocenters. The zero-order valence-corrected chi connectivity index (χ0v) is 26.3. The second-order valence-corrected chi connectivity index (χ2v) is 13.6. The summed E-state index contributed by atoms with van der Waals surface area (Å²) in [5, 5.41) is 6.36. The van der Waals surface area contributed by atoms with Gasteiger partial charge in [0.1, 0.15) is 0 Å². The molecular formula is C38H24N4S3. The molecule has 8 bridgehead atoms. The van der Waals surface area contributed by atoms with Crippen molar-refractivity contribution in [1.29, 1.82) is 0 Å². The number of benzene rings is 1. The largest absolute Gasteiger partial charge is 0.354 e. The molecule has 0 spiro atoms. The second-order valence-electron chi connectivity index (χ2n) is 10.8. The van der Waals surface area contributed by atoms with Crippen molar-refractivity contribution in [2.75, 3.05) is 0 Å². The molecule has 7 heteroatoms. The lowest BCUT2D eigenvalue weighted by Crippen LogP contribution is -1.89. The molecule has 0 aliphatic carbocycles. The van der Waals surface area contributed by atoms with Crippen molar-refractivity contribution in [1.82, 2.24) is 19.9 Å². The molecule has 0 saturated carbocycles. The predicted molar refractivity (Wildman–Crippen MR) is 194 cm³/mol. The zero-order valence-electron chi connectivity index (χ0n) is 23.8. The van der Waals surface area contributed by atoms with Crippen LogP contribution in [0.5, 0.6) is 0 Å². The molecule has 2 aliphatic heterocycles. The summed E-state index contributed by atoms with van der Waals surface area (Å²) in [6.45, 7) is 0. The molecule has 0 atom stereocenters.